The number of aliphatic hydroxyl groups is 1. The topological polar surface area (TPSA) is 92.5 Å². The number of nitrogens with zero attached hydrogens (tertiary/aromatic N) is 1. The van der Waals surface area contributed by atoms with Crippen LogP contribution in [0.4, 0.5) is 5.69 Å². The molecule has 21 heavy (non-hydrogen) atoms. The number of benzene rings is 1. The number of carbonyl (C=O) groups excluding carboxylic acids is 1. The van der Waals surface area contributed by atoms with E-state index >= 15 is 0 Å². The summed E-state index contributed by atoms with van der Waals surface area (Å²) in [4.78, 5) is 22.4. The summed E-state index contributed by atoms with van der Waals surface area (Å²) in [7, 11) is 0. The Morgan fingerprint density at radius 3 is 2.67 bits per heavy atom. The largest absolute Gasteiger partial charge is 0.394 e. The van der Waals surface area contributed by atoms with E-state index in [9.17, 15) is 20.0 Å². The first-order valence-corrected chi connectivity index (χ1v) is 7.20. The van der Waals surface area contributed by atoms with E-state index in [4.69, 9.17) is 0 Å². The number of nitro benzene ring substituents is 1. The summed E-state index contributed by atoms with van der Waals surface area (Å²) in [5.74, 6) is -0.202. The standard InChI is InChI=1S/C15H20N2O4/c18-11-15(7-2-1-3-8-15)16-14(19)10-12-5-4-6-13(9-12)17(20)21/h4-6,9,18H,1-3,7-8,10-11H2,(H,16,19). The predicted octanol–water partition coefficient (Wildman–Crippen LogP) is 1.95. The summed E-state index contributed by atoms with van der Waals surface area (Å²) in [6.07, 6.45) is 4.77. The molecular weight excluding hydrogens is 272 g/mol. The Morgan fingerprint density at radius 2 is 2.05 bits per heavy atom. The molecule has 1 aromatic rings. The number of amides is 1. The molecule has 1 aliphatic carbocycles. The van der Waals surface area contributed by atoms with Crippen LogP contribution in [0.5, 0.6) is 0 Å². The predicted molar refractivity (Wildman–Crippen MR) is 77.8 cm³/mol. The third-order valence-electron chi connectivity index (χ3n) is 4.00. The normalized spacial score (nSPS) is 17.2. The number of rotatable bonds is 5. The van der Waals surface area contributed by atoms with Crippen LogP contribution >= 0.6 is 0 Å². The average Bonchev–Trinajstić information content (AvgIpc) is 2.48. The van der Waals surface area contributed by atoms with E-state index in [1.807, 2.05) is 0 Å². The Bertz CT molecular complexity index is 524. The maximum Gasteiger partial charge on any atom is 0.269 e. The Morgan fingerprint density at radius 1 is 1.33 bits per heavy atom. The fourth-order valence-corrected chi connectivity index (χ4v) is 2.86. The Labute approximate surface area is 123 Å². The van der Waals surface area contributed by atoms with Gasteiger partial charge in [0.1, 0.15) is 0 Å². The van der Waals surface area contributed by atoms with Gasteiger partial charge in [-0.25, -0.2) is 0 Å². The molecular formula is C15H20N2O4. The SMILES string of the molecule is O=C(Cc1cccc([N+](=O)[O-])c1)NC1(CO)CCCCC1. The molecule has 0 aromatic heterocycles. The van der Waals surface area contributed by atoms with Crippen molar-refractivity contribution in [3.05, 3.63) is 39.9 Å². The monoisotopic (exact) mass is 292 g/mol. The number of nitro groups is 1. The Kier molecular flexibility index (Phi) is 4.90. The van der Waals surface area contributed by atoms with Crippen molar-refractivity contribution >= 4 is 11.6 Å². The smallest absolute Gasteiger partial charge is 0.269 e. The number of carbonyl (C=O) groups is 1. The maximum atomic E-state index is 12.1. The summed E-state index contributed by atoms with van der Waals surface area (Å²) in [6.45, 7) is -0.0618. The Balaban J connectivity index is 2.00. The van der Waals surface area contributed by atoms with Crippen molar-refractivity contribution < 1.29 is 14.8 Å². The van der Waals surface area contributed by atoms with Crippen molar-refractivity contribution in [3.63, 3.8) is 0 Å². The molecule has 1 amide bonds. The van der Waals surface area contributed by atoms with Gasteiger partial charge in [0.25, 0.3) is 5.69 Å². The maximum absolute atomic E-state index is 12.1. The number of aliphatic hydroxyl groups excluding tert-OH is 1. The third-order valence-corrected chi connectivity index (χ3v) is 4.00. The molecule has 1 aromatic carbocycles. The van der Waals surface area contributed by atoms with Crippen LogP contribution in [0, 0.1) is 10.1 Å². The van der Waals surface area contributed by atoms with Crippen LogP contribution in [0.25, 0.3) is 0 Å². The molecule has 0 atom stereocenters. The highest BCUT2D eigenvalue weighted by atomic mass is 16.6. The fourth-order valence-electron chi connectivity index (χ4n) is 2.86. The summed E-state index contributed by atoms with van der Waals surface area (Å²) >= 11 is 0. The summed E-state index contributed by atoms with van der Waals surface area (Å²) in [6, 6.07) is 6.08. The molecule has 6 heteroatoms. The number of non-ortho nitro benzene ring substituents is 1. The third kappa shape index (κ3) is 4.01. The lowest BCUT2D eigenvalue weighted by atomic mass is 9.82. The molecule has 0 aliphatic heterocycles. The molecule has 114 valence electrons. The van der Waals surface area contributed by atoms with Crippen molar-refractivity contribution in [1.29, 1.82) is 0 Å². The first-order chi connectivity index (χ1) is 10.0. The molecule has 1 fully saturated rings. The van der Waals surface area contributed by atoms with Gasteiger partial charge >= 0.3 is 0 Å². The van der Waals surface area contributed by atoms with Crippen LogP contribution in [0.2, 0.25) is 0 Å². The summed E-state index contributed by atoms with van der Waals surface area (Å²) in [5.41, 5.74) is 0.0659. The lowest BCUT2D eigenvalue weighted by Gasteiger charge is -2.36. The van der Waals surface area contributed by atoms with E-state index < -0.39 is 10.5 Å². The van der Waals surface area contributed by atoms with E-state index in [-0.39, 0.29) is 24.6 Å². The Hall–Kier alpha value is -1.95. The van der Waals surface area contributed by atoms with Crippen LogP contribution in [-0.2, 0) is 11.2 Å². The van der Waals surface area contributed by atoms with E-state index in [0.717, 1.165) is 32.1 Å². The highest BCUT2D eigenvalue weighted by Crippen LogP contribution is 2.27. The highest BCUT2D eigenvalue weighted by molar-refractivity contribution is 5.79. The van der Waals surface area contributed by atoms with Gasteiger partial charge in [-0.05, 0) is 18.4 Å². The van der Waals surface area contributed by atoms with Crippen LogP contribution in [0.1, 0.15) is 37.7 Å². The summed E-state index contributed by atoms with van der Waals surface area (Å²) < 4.78 is 0. The van der Waals surface area contributed by atoms with Gasteiger partial charge in [0.05, 0.1) is 23.5 Å². The van der Waals surface area contributed by atoms with Crippen LogP contribution in [-0.4, -0.2) is 28.1 Å². The lowest BCUT2D eigenvalue weighted by Crippen LogP contribution is -2.52. The second-order valence-electron chi connectivity index (χ2n) is 5.65. The van der Waals surface area contributed by atoms with Gasteiger partial charge in [0.15, 0.2) is 0 Å². The number of hydrogen-bond acceptors (Lipinski definition) is 4. The number of nitrogens with one attached hydrogen (secondary N) is 1. The van der Waals surface area contributed by atoms with Gasteiger partial charge in [-0.2, -0.15) is 0 Å². The van der Waals surface area contributed by atoms with Crippen molar-refractivity contribution in [3.8, 4) is 0 Å². The zero-order chi connectivity index (χ0) is 15.3. The van der Waals surface area contributed by atoms with E-state index in [1.54, 1.807) is 12.1 Å². The second kappa shape index (κ2) is 6.67. The first-order valence-electron chi connectivity index (χ1n) is 7.20. The minimum absolute atomic E-state index is 0.0187. The second-order valence-corrected chi connectivity index (χ2v) is 5.65. The minimum Gasteiger partial charge on any atom is -0.394 e. The van der Waals surface area contributed by atoms with E-state index in [0.29, 0.717) is 5.56 Å². The van der Waals surface area contributed by atoms with Gasteiger partial charge in [-0.1, -0.05) is 31.4 Å². The molecule has 0 saturated heterocycles. The summed E-state index contributed by atoms with van der Waals surface area (Å²) in [5, 5.41) is 23.2. The molecule has 2 rings (SSSR count). The molecule has 0 heterocycles. The molecule has 0 unspecified atom stereocenters. The van der Waals surface area contributed by atoms with Crippen molar-refractivity contribution in [1.82, 2.24) is 5.32 Å². The zero-order valence-electron chi connectivity index (χ0n) is 11.9. The van der Waals surface area contributed by atoms with E-state index in [2.05, 4.69) is 5.32 Å². The molecule has 0 spiro atoms. The van der Waals surface area contributed by atoms with Gasteiger partial charge in [0.2, 0.25) is 5.91 Å². The molecule has 0 bridgehead atoms. The van der Waals surface area contributed by atoms with Crippen LogP contribution in [0.15, 0.2) is 24.3 Å². The fraction of sp³-hybridized carbons (Fsp3) is 0.533. The van der Waals surface area contributed by atoms with Gasteiger partial charge in [-0.3, -0.25) is 14.9 Å². The van der Waals surface area contributed by atoms with Crippen molar-refractivity contribution in [2.45, 2.75) is 44.1 Å². The molecule has 6 nitrogen and oxygen atoms in total. The van der Waals surface area contributed by atoms with Gasteiger partial charge in [0, 0.05) is 12.1 Å². The minimum atomic E-state index is -0.518. The molecule has 1 aliphatic rings. The first kappa shape index (κ1) is 15.4. The average molecular weight is 292 g/mol. The molecule has 2 N–H and O–H groups in total. The highest BCUT2D eigenvalue weighted by Gasteiger charge is 2.32. The lowest BCUT2D eigenvalue weighted by molar-refractivity contribution is -0.384. The molecule has 1 saturated carbocycles. The van der Waals surface area contributed by atoms with E-state index in [1.165, 1.54) is 12.1 Å². The van der Waals surface area contributed by atoms with Gasteiger partial charge < -0.3 is 10.4 Å². The zero-order valence-corrected chi connectivity index (χ0v) is 11.9. The molecule has 0 radical (unpaired) electrons. The van der Waals surface area contributed by atoms with Gasteiger partial charge in [-0.15, -0.1) is 0 Å². The van der Waals surface area contributed by atoms with Crippen LogP contribution in [0.3, 0.4) is 0 Å². The van der Waals surface area contributed by atoms with Crippen molar-refractivity contribution in [2.24, 2.45) is 0 Å². The van der Waals surface area contributed by atoms with Crippen LogP contribution < -0.4 is 5.32 Å². The van der Waals surface area contributed by atoms with Crippen molar-refractivity contribution in [2.75, 3.05) is 6.61 Å². The number of hydrogen-bond donors (Lipinski definition) is 2. The quantitative estimate of drug-likeness (QED) is 0.641.